The predicted octanol–water partition coefficient (Wildman–Crippen LogP) is 3.53. The van der Waals surface area contributed by atoms with E-state index in [0.29, 0.717) is 0 Å². The SMILES string of the molecule is C=C/C(C)=C/N(CC)C[N-]CCCC. The Bertz CT molecular complexity index is 173. The fourth-order valence-electron chi connectivity index (χ4n) is 1.04. The fraction of sp³-hybridized carbons (Fsp3) is 0.667. The lowest BCUT2D eigenvalue weighted by Crippen LogP contribution is -2.18. The van der Waals surface area contributed by atoms with Crippen LogP contribution in [0, 0.1) is 0 Å². The third-order valence-corrected chi connectivity index (χ3v) is 2.07. The predicted molar refractivity (Wildman–Crippen MR) is 64.3 cm³/mol. The van der Waals surface area contributed by atoms with Gasteiger partial charge in [0.1, 0.15) is 0 Å². The third kappa shape index (κ3) is 6.72. The van der Waals surface area contributed by atoms with Gasteiger partial charge in [0.2, 0.25) is 0 Å². The van der Waals surface area contributed by atoms with Gasteiger partial charge in [0.05, 0.1) is 0 Å². The van der Waals surface area contributed by atoms with Gasteiger partial charge in [0.25, 0.3) is 0 Å². The van der Waals surface area contributed by atoms with Crippen molar-refractivity contribution >= 4 is 0 Å². The molecule has 0 aromatic rings. The molecule has 0 spiro atoms. The van der Waals surface area contributed by atoms with Crippen LogP contribution in [0.25, 0.3) is 5.32 Å². The van der Waals surface area contributed by atoms with Gasteiger partial charge in [-0.05, 0) is 19.4 Å². The lowest BCUT2D eigenvalue weighted by atomic mass is 10.3. The molecule has 0 aliphatic rings. The lowest BCUT2D eigenvalue weighted by molar-refractivity contribution is 0.424. The first-order valence-corrected chi connectivity index (χ1v) is 5.42. The molecule has 0 N–H and O–H groups in total. The first-order chi connectivity index (χ1) is 6.74. The molecule has 14 heavy (non-hydrogen) atoms. The maximum atomic E-state index is 4.47. The van der Waals surface area contributed by atoms with Gasteiger partial charge in [-0.2, -0.15) is 0 Å². The third-order valence-electron chi connectivity index (χ3n) is 2.07. The molecular weight excluding hydrogens is 172 g/mol. The highest BCUT2D eigenvalue weighted by Gasteiger charge is 1.88. The second kappa shape index (κ2) is 8.82. The summed E-state index contributed by atoms with van der Waals surface area (Å²) in [6, 6.07) is 0. The van der Waals surface area contributed by atoms with Gasteiger partial charge >= 0.3 is 0 Å². The van der Waals surface area contributed by atoms with Gasteiger partial charge in [-0.3, -0.25) is 0 Å². The van der Waals surface area contributed by atoms with Crippen molar-refractivity contribution in [3.05, 3.63) is 29.7 Å². The maximum Gasteiger partial charge on any atom is 0.0123 e. The molecule has 82 valence electrons. The zero-order valence-corrected chi connectivity index (χ0v) is 9.79. The zero-order valence-electron chi connectivity index (χ0n) is 9.79. The van der Waals surface area contributed by atoms with Crippen LogP contribution in [0.5, 0.6) is 0 Å². The molecule has 0 aliphatic heterocycles. The number of rotatable bonds is 8. The minimum absolute atomic E-state index is 0.807. The Morgan fingerprint density at radius 1 is 1.43 bits per heavy atom. The maximum absolute atomic E-state index is 4.47. The molecule has 0 aromatic heterocycles. The summed E-state index contributed by atoms with van der Waals surface area (Å²) in [7, 11) is 0. The molecule has 0 saturated carbocycles. The highest BCUT2D eigenvalue weighted by molar-refractivity contribution is 5.12. The molecule has 0 bridgehead atoms. The smallest absolute Gasteiger partial charge is 0.0123 e. The summed E-state index contributed by atoms with van der Waals surface area (Å²) in [5.41, 5.74) is 1.19. The van der Waals surface area contributed by atoms with Crippen LogP contribution in [0.3, 0.4) is 0 Å². The van der Waals surface area contributed by atoms with Crippen molar-refractivity contribution in [3.63, 3.8) is 0 Å². The molecule has 2 heteroatoms. The van der Waals surface area contributed by atoms with E-state index in [2.05, 4.69) is 43.8 Å². The monoisotopic (exact) mass is 195 g/mol. The van der Waals surface area contributed by atoms with Gasteiger partial charge in [-0.15, -0.1) is 6.54 Å². The summed E-state index contributed by atoms with van der Waals surface area (Å²) < 4.78 is 0. The molecule has 0 radical (unpaired) electrons. The average Bonchev–Trinajstić information content (AvgIpc) is 2.22. The van der Waals surface area contributed by atoms with E-state index >= 15 is 0 Å². The Hall–Kier alpha value is -0.760. The second-order valence-corrected chi connectivity index (χ2v) is 3.42. The van der Waals surface area contributed by atoms with Gasteiger partial charge < -0.3 is 10.2 Å². The van der Waals surface area contributed by atoms with Crippen LogP contribution in [-0.2, 0) is 0 Å². The first-order valence-electron chi connectivity index (χ1n) is 5.42. The van der Waals surface area contributed by atoms with Crippen LogP contribution in [0.15, 0.2) is 24.4 Å². The quantitative estimate of drug-likeness (QED) is 0.428. The molecule has 0 amide bonds. The molecule has 0 unspecified atom stereocenters. The minimum Gasteiger partial charge on any atom is -0.645 e. The van der Waals surface area contributed by atoms with E-state index in [1.54, 1.807) is 0 Å². The lowest BCUT2D eigenvalue weighted by Gasteiger charge is -2.29. The summed E-state index contributed by atoms with van der Waals surface area (Å²) in [6.45, 7) is 12.9. The van der Waals surface area contributed by atoms with E-state index in [1.807, 2.05) is 6.08 Å². The molecule has 0 rings (SSSR count). The van der Waals surface area contributed by atoms with Gasteiger partial charge in [0, 0.05) is 12.7 Å². The molecule has 0 heterocycles. The van der Waals surface area contributed by atoms with Crippen LogP contribution in [-0.4, -0.2) is 24.7 Å². The van der Waals surface area contributed by atoms with Gasteiger partial charge in [0.15, 0.2) is 0 Å². The van der Waals surface area contributed by atoms with E-state index in [1.165, 1.54) is 18.4 Å². The van der Waals surface area contributed by atoms with E-state index in [9.17, 15) is 0 Å². The molecule has 2 nitrogen and oxygen atoms in total. The van der Waals surface area contributed by atoms with Crippen LogP contribution >= 0.6 is 0 Å². The highest BCUT2D eigenvalue weighted by atomic mass is 15.2. The van der Waals surface area contributed by atoms with Crippen LogP contribution in [0.4, 0.5) is 0 Å². The van der Waals surface area contributed by atoms with Crippen LogP contribution in [0.1, 0.15) is 33.6 Å². The molecular formula is C12H23N2-. The minimum atomic E-state index is 0.807. The molecule has 0 aliphatic carbocycles. The number of allylic oxidation sites excluding steroid dienone is 2. The Kier molecular flexibility index (Phi) is 8.34. The standard InChI is InChI=1S/C12H23N2/c1-5-8-9-13-11-14(7-3)10-12(4)6-2/h6,10H,2,5,7-9,11H2,1,3-4H3/q-1/b12-10+. The van der Waals surface area contributed by atoms with E-state index in [0.717, 1.165) is 19.8 Å². The molecule has 0 atom stereocenters. The first kappa shape index (κ1) is 13.2. The molecule has 0 aromatic carbocycles. The molecule has 0 fully saturated rings. The largest absolute Gasteiger partial charge is 0.645 e. The number of hydrogen-bond acceptors (Lipinski definition) is 1. The van der Waals surface area contributed by atoms with Crippen molar-refractivity contribution in [2.75, 3.05) is 19.8 Å². The Morgan fingerprint density at radius 2 is 2.14 bits per heavy atom. The zero-order chi connectivity index (χ0) is 10.8. The van der Waals surface area contributed by atoms with Crippen molar-refractivity contribution in [2.24, 2.45) is 0 Å². The van der Waals surface area contributed by atoms with E-state index < -0.39 is 0 Å². The number of nitrogens with zero attached hydrogens (tertiary/aromatic N) is 2. The second-order valence-electron chi connectivity index (χ2n) is 3.42. The number of unbranched alkanes of at least 4 members (excludes halogenated alkanes) is 1. The van der Waals surface area contributed by atoms with Crippen molar-refractivity contribution in [1.82, 2.24) is 4.90 Å². The summed E-state index contributed by atoms with van der Waals surface area (Å²) in [6.07, 6.45) is 6.40. The van der Waals surface area contributed by atoms with Crippen molar-refractivity contribution < 1.29 is 0 Å². The fourth-order valence-corrected chi connectivity index (χ4v) is 1.04. The van der Waals surface area contributed by atoms with Crippen molar-refractivity contribution in [1.29, 1.82) is 0 Å². The summed E-state index contributed by atoms with van der Waals surface area (Å²) in [5, 5.41) is 4.47. The van der Waals surface area contributed by atoms with Crippen LogP contribution < -0.4 is 0 Å². The molecule has 0 saturated heterocycles. The Labute approximate surface area is 88.7 Å². The van der Waals surface area contributed by atoms with Crippen molar-refractivity contribution in [3.8, 4) is 0 Å². The van der Waals surface area contributed by atoms with Crippen LogP contribution in [0.2, 0.25) is 0 Å². The summed E-state index contributed by atoms with van der Waals surface area (Å²) in [5.74, 6) is 0. The Balaban J connectivity index is 3.74. The number of hydrogen-bond donors (Lipinski definition) is 0. The van der Waals surface area contributed by atoms with Crippen molar-refractivity contribution in [2.45, 2.75) is 33.6 Å². The normalized spacial score (nSPS) is 11.5. The Morgan fingerprint density at radius 3 is 2.64 bits per heavy atom. The summed E-state index contributed by atoms with van der Waals surface area (Å²) in [4.78, 5) is 2.20. The highest BCUT2D eigenvalue weighted by Crippen LogP contribution is 2.02. The topological polar surface area (TPSA) is 17.3 Å². The van der Waals surface area contributed by atoms with E-state index in [-0.39, 0.29) is 0 Å². The van der Waals surface area contributed by atoms with E-state index in [4.69, 9.17) is 0 Å². The average molecular weight is 195 g/mol. The van der Waals surface area contributed by atoms with Gasteiger partial charge in [-0.25, -0.2) is 0 Å². The summed E-state index contributed by atoms with van der Waals surface area (Å²) >= 11 is 0. The van der Waals surface area contributed by atoms with Gasteiger partial charge in [-0.1, -0.05) is 39.1 Å².